The average molecular weight is 449 g/mol. The lowest BCUT2D eigenvalue weighted by Gasteiger charge is -2.26. The zero-order valence-electron chi connectivity index (χ0n) is 18.6. The van der Waals surface area contributed by atoms with E-state index in [0.717, 1.165) is 55.8 Å². The smallest absolute Gasteiger partial charge is 0.402 e. The van der Waals surface area contributed by atoms with Gasteiger partial charge in [-0.05, 0) is 49.7 Å². The lowest BCUT2D eigenvalue weighted by atomic mass is 10.1. The monoisotopic (exact) mass is 448 g/mol. The standard InChI is InChI=1S/C22H30ClN3O.CH3NO2/c1-4-6-13-26(14-7-5-2)19-15-20(23)24-25-22(19)27-21-16(3)9-8-10-18(21)17-11-12-17;2-1(3)4/h8-10,15,17H,4-7,11-14H2,1-3H3;2H2,(H,3,4). The van der Waals surface area contributed by atoms with E-state index in [2.05, 4.69) is 59.8 Å². The number of amides is 1. The van der Waals surface area contributed by atoms with Gasteiger partial charge < -0.3 is 20.5 Å². The number of carbonyl (C=O) groups is 1. The van der Waals surface area contributed by atoms with Gasteiger partial charge in [-0.25, -0.2) is 4.79 Å². The van der Waals surface area contributed by atoms with Gasteiger partial charge in [0.1, 0.15) is 11.4 Å². The van der Waals surface area contributed by atoms with Crippen LogP contribution in [0.1, 0.15) is 69.4 Å². The molecule has 0 spiro atoms. The van der Waals surface area contributed by atoms with Gasteiger partial charge in [-0.15, -0.1) is 10.2 Å². The fourth-order valence-electron chi connectivity index (χ4n) is 3.32. The van der Waals surface area contributed by atoms with Crippen LogP contribution in [0.15, 0.2) is 24.3 Å². The number of aromatic nitrogens is 2. The topological polar surface area (TPSA) is 102 Å². The minimum atomic E-state index is -1.33. The number of primary amides is 1. The number of hydrogen-bond donors (Lipinski definition) is 2. The van der Waals surface area contributed by atoms with Crippen molar-refractivity contribution in [1.29, 1.82) is 0 Å². The van der Waals surface area contributed by atoms with Crippen LogP contribution < -0.4 is 15.4 Å². The molecule has 0 atom stereocenters. The first-order valence-corrected chi connectivity index (χ1v) is 11.3. The summed E-state index contributed by atoms with van der Waals surface area (Å²) in [6.07, 6.45) is 5.68. The van der Waals surface area contributed by atoms with Crippen LogP contribution in [0.4, 0.5) is 10.5 Å². The van der Waals surface area contributed by atoms with Crippen LogP contribution in [0.5, 0.6) is 11.6 Å². The number of carboxylic acid groups (broad SMARTS) is 1. The third-order valence-corrected chi connectivity index (χ3v) is 5.26. The first-order chi connectivity index (χ1) is 14.9. The van der Waals surface area contributed by atoms with E-state index < -0.39 is 6.09 Å². The van der Waals surface area contributed by atoms with Crippen molar-refractivity contribution in [2.45, 2.75) is 65.2 Å². The highest BCUT2D eigenvalue weighted by Gasteiger charge is 2.28. The molecule has 1 amide bonds. The number of halogens is 1. The van der Waals surface area contributed by atoms with Crippen molar-refractivity contribution in [2.24, 2.45) is 5.73 Å². The number of hydrogen-bond acceptors (Lipinski definition) is 5. The molecule has 1 fully saturated rings. The van der Waals surface area contributed by atoms with E-state index in [4.69, 9.17) is 26.2 Å². The Morgan fingerprint density at radius 3 is 2.39 bits per heavy atom. The summed E-state index contributed by atoms with van der Waals surface area (Å²) in [6, 6.07) is 8.27. The Morgan fingerprint density at radius 2 is 1.84 bits per heavy atom. The zero-order valence-corrected chi connectivity index (χ0v) is 19.4. The van der Waals surface area contributed by atoms with E-state index in [9.17, 15) is 0 Å². The van der Waals surface area contributed by atoms with Crippen molar-refractivity contribution in [3.63, 3.8) is 0 Å². The number of ether oxygens (including phenoxy) is 1. The number of aryl methyl sites for hydroxylation is 1. The van der Waals surface area contributed by atoms with Crippen molar-refractivity contribution >= 4 is 23.4 Å². The first-order valence-electron chi connectivity index (χ1n) is 10.9. The largest absolute Gasteiger partial charge is 0.465 e. The molecular formula is C23H33ClN4O3. The van der Waals surface area contributed by atoms with E-state index in [-0.39, 0.29) is 0 Å². The Hall–Kier alpha value is -2.54. The second kappa shape index (κ2) is 12.3. The van der Waals surface area contributed by atoms with Crippen LogP contribution in [0.3, 0.4) is 0 Å². The second-order valence-corrected chi connectivity index (χ2v) is 8.15. The minimum absolute atomic E-state index is 0.405. The lowest BCUT2D eigenvalue weighted by molar-refractivity contribution is 0.205. The summed E-state index contributed by atoms with van der Waals surface area (Å²) in [7, 11) is 0. The molecule has 3 rings (SSSR count). The summed E-state index contributed by atoms with van der Waals surface area (Å²) in [5.74, 6) is 2.10. The highest BCUT2D eigenvalue weighted by Crippen LogP contribution is 2.47. The Bertz CT molecular complexity index is 847. The third-order valence-electron chi connectivity index (χ3n) is 5.07. The van der Waals surface area contributed by atoms with Crippen molar-refractivity contribution < 1.29 is 14.6 Å². The van der Waals surface area contributed by atoms with Crippen molar-refractivity contribution in [3.05, 3.63) is 40.5 Å². The minimum Gasteiger partial charge on any atom is -0.465 e. The van der Waals surface area contributed by atoms with Crippen LogP contribution in [-0.2, 0) is 0 Å². The van der Waals surface area contributed by atoms with Gasteiger partial charge in [0.15, 0.2) is 5.15 Å². The Labute approximate surface area is 189 Å². The summed E-state index contributed by atoms with van der Waals surface area (Å²) >= 11 is 6.20. The molecule has 0 saturated heterocycles. The Balaban J connectivity index is 0.000000785. The quantitative estimate of drug-likeness (QED) is 0.452. The second-order valence-electron chi connectivity index (χ2n) is 7.76. The van der Waals surface area contributed by atoms with Gasteiger partial charge in [0.2, 0.25) is 0 Å². The molecule has 2 aromatic rings. The lowest BCUT2D eigenvalue weighted by Crippen LogP contribution is -2.26. The maximum Gasteiger partial charge on any atom is 0.402 e. The molecule has 0 radical (unpaired) electrons. The van der Waals surface area contributed by atoms with E-state index in [1.165, 1.54) is 18.4 Å². The normalized spacial score (nSPS) is 12.6. The van der Waals surface area contributed by atoms with Crippen molar-refractivity contribution in [3.8, 4) is 11.6 Å². The van der Waals surface area contributed by atoms with Gasteiger partial charge >= 0.3 is 6.09 Å². The molecule has 31 heavy (non-hydrogen) atoms. The van der Waals surface area contributed by atoms with E-state index in [1.54, 1.807) is 0 Å². The first kappa shape index (κ1) is 24.7. The van der Waals surface area contributed by atoms with Crippen LogP contribution in [0.2, 0.25) is 5.15 Å². The molecule has 170 valence electrons. The molecule has 0 unspecified atom stereocenters. The summed E-state index contributed by atoms with van der Waals surface area (Å²) in [5, 5.41) is 16.0. The summed E-state index contributed by atoms with van der Waals surface area (Å²) in [4.78, 5) is 11.1. The van der Waals surface area contributed by atoms with E-state index >= 15 is 0 Å². The van der Waals surface area contributed by atoms with Gasteiger partial charge in [-0.2, -0.15) is 0 Å². The Morgan fingerprint density at radius 1 is 1.23 bits per heavy atom. The number of rotatable bonds is 10. The maximum absolute atomic E-state index is 8.78. The van der Waals surface area contributed by atoms with E-state index in [1.807, 2.05) is 6.07 Å². The fourth-order valence-corrected chi connectivity index (χ4v) is 3.47. The number of unbranched alkanes of at least 4 members (excludes halogenated alkanes) is 2. The number of anilines is 1. The molecular weight excluding hydrogens is 416 g/mol. The molecule has 3 N–H and O–H groups in total. The van der Waals surface area contributed by atoms with Gasteiger partial charge in [-0.1, -0.05) is 56.5 Å². The number of benzene rings is 1. The van der Waals surface area contributed by atoms with Crippen LogP contribution in [0, 0.1) is 6.92 Å². The molecule has 1 heterocycles. The Kier molecular flexibility index (Phi) is 9.85. The van der Waals surface area contributed by atoms with Gasteiger partial charge in [0.25, 0.3) is 5.88 Å². The molecule has 1 aromatic carbocycles. The zero-order chi connectivity index (χ0) is 22.8. The van der Waals surface area contributed by atoms with Crippen molar-refractivity contribution in [2.75, 3.05) is 18.0 Å². The molecule has 1 saturated carbocycles. The molecule has 1 aliphatic rings. The fraction of sp³-hybridized carbons (Fsp3) is 0.522. The van der Waals surface area contributed by atoms with Gasteiger partial charge in [0.05, 0.1) is 0 Å². The van der Waals surface area contributed by atoms with Gasteiger partial charge in [0, 0.05) is 19.2 Å². The highest BCUT2D eigenvalue weighted by atomic mass is 35.5. The molecule has 0 bridgehead atoms. The number of nitrogens with zero attached hydrogens (tertiary/aromatic N) is 3. The number of nitrogens with two attached hydrogens (primary N) is 1. The summed E-state index contributed by atoms with van der Waals surface area (Å²) < 4.78 is 6.39. The molecule has 7 nitrogen and oxygen atoms in total. The van der Waals surface area contributed by atoms with Crippen LogP contribution in [-0.4, -0.2) is 34.5 Å². The molecule has 8 heteroatoms. The molecule has 0 aliphatic heterocycles. The van der Waals surface area contributed by atoms with E-state index in [0.29, 0.717) is 17.0 Å². The predicted octanol–water partition coefficient (Wildman–Crippen LogP) is 6.14. The van der Waals surface area contributed by atoms with Gasteiger partial charge in [-0.3, -0.25) is 0 Å². The van der Waals surface area contributed by atoms with Crippen LogP contribution >= 0.6 is 11.6 Å². The van der Waals surface area contributed by atoms with Crippen molar-refractivity contribution in [1.82, 2.24) is 10.2 Å². The SMILES string of the molecule is CCCCN(CCCC)c1cc(Cl)nnc1Oc1c(C)cccc1C1CC1.NC(=O)O. The maximum atomic E-state index is 8.78. The van der Waals surface area contributed by atoms with Crippen LogP contribution in [0.25, 0.3) is 0 Å². The predicted molar refractivity (Wildman–Crippen MR) is 125 cm³/mol. The average Bonchev–Trinajstić information content (AvgIpc) is 3.56. The summed E-state index contributed by atoms with van der Waals surface area (Å²) in [5.41, 5.74) is 7.39. The molecule has 1 aliphatic carbocycles. The third kappa shape index (κ3) is 7.90. The number of para-hydroxylation sites is 1. The molecule has 1 aromatic heterocycles. The summed E-state index contributed by atoms with van der Waals surface area (Å²) in [6.45, 7) is 8.46. The highest BCUT2D eigenvalue weighted by molar-refractivity contribution is 6.29.